The molecule has 2 heteroatoms. The Morgan fingerprint density at radius 2 is 1.81 bits per heavy atom. The Labute approximate surface area is 128 Å². The van der Waals surface area contributed by atoms with Crippen molar-refractivity contribution in [2.45, 2.75) is 32.7 Å². The van der Waals surface area contributed by atoms with Crippen LogP contribution in [0.1, 0.15) is 42.5 Å². The van der Waals surface area contributed by atoms with Crippen LogP contribution in [0.3, 0.4) is 0 Å². The zero-order valence-electron chi connectivity index (χ0n) is 13.4. The number of aryl methyl sites for hydroxylation is 1. The molecule has 2 rings (SSSR count). The van der Waals surface area contributed by atoms with E-state index < -0.39 is 0 Å². The van der Waals surface area contributed by atoms with E-state index in [1.807, 2.05) is 6.07 Å². The summed E-state index contributed by atoms with van der Waals surface area (Å²) in [5.74, 6) is 1.33. The first-order valence-electron chi connectivity index (χ1n) is 7.60. The van der Waals surface area contributed by atoms with Crippen molar-refractivity contribution in [1.82, 2.24) is 5.32 Å². The SMILES string of the molecule is CCNC(c1ccc(OC)cc1C)C(C)c1ccccc1. The first-order chi connectivity index (χ1) is 10.2. The number of ether oxygens (including phenoxy) is 1. The second kappa shape index (κ2) is 7.28. The summed E-state index contributed by atoms with van der Waals surface area (Å²) in [5, 5.41) is 3.63. The Hall–Kier alpha value is -1.80. The van der Waals surface area contributed by atoms with Gasteiger partial charge in [-0.2, -0.15) is 0 Å². The van der Waals surface area contributed by atoms with Crippen LogP contribution in [-0.4, -0.2) is 13.7 Å². The number of likely N-dealkylation sites (N-methyl/N-ethyl adjacent to an activating group) is 1. The van der Waals surface area contributed by atoms with Gasteiger partial charge in [0.1, 0.15) is 5.75 Å². The summed E-state index contributed by atoms with van der Waals surface area (Å²) in [6.07, 6.45) is 0. The van der Waals surface area contributed by atoms with E-state index in [1.54, 1.807) is 7.11 Å². The second-order valence-corrected chi connectivity index (χ2v) is 5.46. The van der Waals surface area contributed by atoms with Crippen LogP contribution in [0.15, 0.2) is 48.5 Å². The van der Waals surface area contributed by atoms with Crippen molar-refractivity contribution in [2.75, 3.05) is 13.7 Å². The Balaban J connectivity index is 2.34. The highest BCUT2D eigenvalue weighted by Crippen LogP contribution is 2.33. The van der Waals surface area contributed by atoms with E-state index in [2.05, 4.69) is 68.6 Å². The van der Waals surface area contributed by atoms with Crippen molar-refractivity contribution in [3.8, 4) is 5.75 Å². The van der Waals surface area contributed by atoms with E-state index in [0.29, 0.717) is 12.0 Å². The molecule has 0 fully saturated rings. The predicted molar refractivity (Wildman–Crippen MR) is 89.0 cm³/mol. The van der Waals surface area contributed by atoms with Crippen LogP contribution in [0.5, 0.6) is 5.75 Å². The van der Waals surface area contributed by atoms with Crippen molar-refractivity contribution >= 4 is 0 Å². The molecule has 0 radical (unpaired) electrons. The lowest BCUT2D eigenvalue weighted by atomic mass is 9.86. The summed E-state index contributed by atoms with van der Waals surface area (Å²) in [6, 6.07) is 17.3. The molecule has 2 unspecified atom stereocenters. The third kappa shape index (κ3) is 3.64. The first kappa shape index (κ1) is 15.6. The molecule has 0 spiro atoms. The molecule has 0 aliphatic heterocycles. The van der Waals surface area contributed by atoms with E-state index in [0.717, 1.165) is 12.3 Å². The van der Waals surface area contributed by atoms with Gasteiger partial charge in [0, 0.05) is 12.0 Å². The lowest BCUT2D eigenvalue weighted by molar-refractivity contribution is 0.413. The van der Waals surface area contributed by atoms with Crippen LogP contribution < -0.4 is 10.1 Å². The van der Waals surface area contributed by atoms with Crippen molar-refractivity contribution in [3.05, 3.63) is 65.2 Å². The lowest BCUT2D eigenvalue weighted by Gasteiger charge is -2.27. The average Bonchev–Trinajstić information content (AvgIpc) is 2.53. The zero-order chi connectivity index (χ0) is 15.2. The van der Waals surface area contributed by atoms with Crippen molar-refractivity contribution in [1.29, 1.82) is 0 Å². The Morgan fingerprint density at radius 3 is 2.38 bits per heavy atom. The van der Waals surface area contributed by atoms with Gasteiger partial charge in [-0.15, -0.1) is 0 Å². The standard InChI is InChI=1S/C19H25NO/c1-5-20-19(15(3)16-9-7-6-8-10-16)18-12-11-17(21-4)13-14(18)2/h6-13,15,19-20H,5H2,1-4H3. The van der Waals surface area contributed by atoms with Gasteiger partial charge in [0.25, 0.3) is 0 Å². The average molecular weight is 283 g/mol. The van der Waals surface area contributed by atoms with E-state index >= 15 is 0 Å². The fraction of sp³-hybridized carbons (Fsp3) is 0.368. The number of benzene rings is 2. The highest BCUT2D eigenvalue weighted by atomic mass is 16.5. The molecule has 21 heavy (non-hydrogen) atoms. The highest BCUT2D eigenvalue weighted by molar-refractivity contribution is 5.38. The zero-order valence-corrected chi connectivity index (χ0v) is 13.4. The molecular formula is C19H25NO. The van der Waals surface area contributed by atoms with Crippen LogP contribution in [0.2, 0.25) is 0 Å². The van der Waals surface area contributed by atoms with Gasteiger partial charge >= 0.3 is 0 Å². The second-order valence-electron chi connectivity index (χ2n) is 5.46. The summed E-state index contributed by atoms with van der Waals surface area (Å²) in [4.78, 5) is 0. The summed E-state index contributed by atoms with van der Waals surface area (Å²) in [7, 11) is 1.71. The lowest BCUT2D eigenvalue weighted by Crippen LogP contribution is -2.26. The van der Waals surface area contributed by atoms with E-state index in [-0.39, 0.29) is 0 Å². The van der Waals surface area contributed by atoms with Gasteiger partial charge in [0.2, 0.25) is 0 Å². The fourth-order valence-corrected chi connectivity index (χ4v) is 2.85. The molecular weight excluding hydrogens is 258 g/mol. The molecule has 0 aliphatic rings. The first-order valence-corrected chi connectivity index (χ1v) is 7.60. The molecule has 0 saturated heterocycles. The summed E-state index contributed by atoms with van der Waals surface area (Å²) in [5.41, 5.74) is 3.97. The van der Waals surface area contributed by atoms with Crippen LogP contribution in [0.4, 0.5) is 0 Å². The number of hydrogen-bond acceptors (Lipinski definition) is 2. The third-order valence-corrected chi connectivity index (χ3v) is 4.06. The van der Waals surface area contributed by atoms with Crippen molar-refractivity contribution in [3.63, 3.8) is 0 Å². The minimum absolute atomic E-state index is 0.309. The van der Waals surface area contributed by atoms with Gasteiger partial charge in [0.15, 0.2) is 0 Å². The molecule has 2 atom stereocenters. The number of rotatable bonds is 6. The Bertz CT molecular complexity index is 565. The van der Waals surface area contributed by atoms with Gasteiger partial charge in [-0.05, 0) is 42.3 Å². The van der Waals surface area contributed by atoms with Gasteiger partial charge in [-0.3, -0.25) is 0 Å². The van der Waals surface area contributed by atoms with E-state index in [1.165, 1.54) is 16.7 Å². The van der Waals surface area contributed by atoms with Crippen LogP contribution >= 0.6 is 0 Å². The summed E-state index contributed by atoms with van der Waals surface area (Å²) < 4.78 is 5.31. The molecule has 0 amide bonds. The molecule has 2 aromatic carbocycles. The number of methoxy groups -OCH3 is 1. The largest absolute Gasteiger partial charge is 0.497 e. The van der Waals surface area contributed by atoms with Gasteiger partial charge in [-0.25, -0.2) is 0 Å². The van der Waals surface area contributed by atoms with Gasteiger partial charge < -0.3 is 10.1 Å². The van der Waals surface area contributed by atoms with Crippen molar-refractivity contribution in [2.24, 2.45) is 0 Å². The number of nitrogens with one attached hydrogen (secondary N) is 1. The molecule has 112 valence electrons. The maximum absolute atomic E-state index is 5.31. The monoisotopic (exact) mass is 283 g/mol. The van der Waals surface area contributed by atoms with Gasteiger partial charge in [-0.1, -0.05) is 50.2 Å². The topological polar surface area (TPSA) is 21.3 Å². The third-order valence-electron chi connectivity index (χ3n) is 4.06. The minimum atomic E-state index is 0.309. The summed E-state index contributed by atoms with van der Waals surface area (Å²) in [6.45, 7) is 7.54. The Morgan fingerprint density at radius 1 is 1.10 bits per heavy atom. The molecule has 2 aromatic rings. The van der Waals surface area contributed by atoms with E-state index in [4.69, 9.17) is 4.74 Å². The summed E-state index contributed by atoms with van der Waals surface area (Å²) >= 11 is 0. The number of hydrogen-bond donors (Lipinski definition) is 1. The van der Waals surface area contributed by atoms with Crippen LogP contribution in [0, 0.1) is 6.92 Å². The molecule has 2 nitrogen and oxygen atoms in total. The van der Waals surface area contributed by atoms with Gasteiger partial charge in [0.05, 0.1) is 7.11 Å². The maximum Gasteiger partial charge on any atom is 0.119 e. The smallest absolute Gasteiger partial charge is 0.119 e. The maximum atomic E-state index is 5.31. The fourth-order valence-electron chi connectivity index (χ4n) is 2.85. The quantitative estimate of drug-likeness (QED) is 0.845. The molecule has 0 heterocycles. The Kier molecular flexibility index (Phi) is 5.40. The molecule has 0 aromatic heterocycles. The predicted octanol–water partition coefficient (Wildman–Crippen LogP) is 4.46. The molecule has 0 saturated carbocycles. The molecule has 0 aliphatic carbocycles. The van der Waals surface area contributed by atoms with Crippen LogP contribution in [0.25, 0.3) is 0 Å². The van der Waals surface area contributed by atoms with Crippen molar-refractivity contribution < 1.29 is 4.74 Å². The molecule has 0 bridgehead atoms. The molecule has 1 N–H and O–H groups in total. The minimum Gasteiger partial charge on any atom is -0.497 e. The normalized spacial score (nSPS) is 13.7. The van der Waals surface area contributed by atoms with E-state index in [9.17, 15) is 0 Å². The van der Waals surface area contributed by atoms with Crippen LogP contribution in [-0.2, 0) is 0 Å². The highest BCUT2D eigenvalue weighted by Gasteiger charge is 2.21.